The summed E-state index contributed by atoms with van der Waals surface area (Å²) in [6.45, 7) is 1.32. The van der Waals surface area contributed by atoms with E-state index in [1.165, 1.54) is 11.5 Å². The van der Waals surface area contributed by atoms with E-state index in [4.69, 9.17) is 4.74 Å². The first-order chi connectivity index (χ1) is 7.09. The van der Waals surface area contributed by atoms with E-state index >= 15 is 0 Å². The second-order valence-electron chi connectivity index (χ2n) is 3.23. The van der Waals surface area contributed by atoms with Crippen LogP contribution in [-0.4, -0.2) is 15.5 Å². The summed E-state index contributed by atoms with van der Waals surface area (Å²) < 4.78 is 6.43. The fourth-order valence-corrected chi connectivity index (χ4v) is 1.46. The van der Waals surface area contributed by atoms with Crippen molar-refractivity contribution in [1.29, 1.82) is 0 Å². The summed E-state index contributed by atoms with van der Waals surface area (Å²) in [6.07, 6.45) is 0. The Hall–Kier alpha value is -2.04. The number of rotatable bonds is 1. The Balaban J connectivity index is 2.71. The van der Waals surface area contributed by atoms with Crippen LogP contribution in [0.1, 0.15) is 6.92 Å². The van der Waals surface area contributed by atoms with Crippen molar-refractivity contribution in [2.24, 2.45) is 7.05 Å². The predicted molar refractivity (Wildman–Crippen MR) is 54.8 cm³/mol. The maximum atomic E-state index is 11.3. The van der Waals surface area contributed by atoms with Gasteiger partial charge in [0.25, 0.3) is 0 Å². The Morgan fingerprint density at radius 3 is 2.87 bits per heavy atom. The second kappa shape index (κ2) is 3.27. The van der Waals surface area contributed by atoms with Crippen molar-refractivity contribution in [1.82, 2.24) is 9.55 Å². The van der Waals surface area contributed by atoms with Crippen LogP contribution >= 0.6 is 0 Å². The van der Waals surface area contributed by atoms with Gasteiger partial charge in [0.05, 0.1) is 5.52 Å². The molecule has 0 amide bonds. The van der Waals surface area contributed by atoms with Crippen molar-refractivity contribution < 1.29 is 9.53 Å². The molecule has 5 nitrogen and oxygen atoms in total. The third-order valence-corrected chi connectivity index (χ3v) is 2.16. The number of esters is 1. The van der Waals surface area contributed by atoms with Gasteiger partial charge < -0.3 is 9.72 Å². The van der Waals surface area contributed by atoms with Crippen LogP contribution < -0.4 is 10.4 Å². The van der Waals surface area contributed by atoms with Gasteiger partial charge in [0.1, 0.15) is 5.52 Å². The normalized spacial score (nSPS) is 10.5. The van der Waals surface area contributed by atoms with Gasteiger partial charge in [-0.1, -0.05) is 6.07 Å². The van der Waals surface area contributed by atoms with Gasteiger partial charge >= 0.3 is 11.7 Å². The maximum absolute atomic E-state index is 11.3. The van der Waals surface area contributed by atoms with Crippen molar-refractivity contribution in [3.8, 4) is 5.75 Å². The van der Waals surface area contributed by atoms with Crippen molar-refractivity contribution in [2.45, 2.75) is 6.92 Å². The van der Waals surface area contributed by atoms with Crippen LogP contribution in [0.15, 0.2) is 23.0 Å². The molecule has 0 atom stereocenters. The van der Waals surface area contributed by atoms with Crippen LogP contribution in [0.3, 0.4) is 0 Å². The maximum Gasteiger partial charge on any atom is 0.326 e. The minimum absolute atomic E-state index is 0.232. The SMILES string of the molecule is CC(=O)Oc1cccc2c1[nH]c(=O)n2C. The molecule has 0 saturated heterocycles. The van der Waals surface area contributed by atoms with Gasteiger partial charge in [0.15, 0.2) is 5.75 Å². The molecule has 2 rings (SSSR count). The van der Waals surface area contributed by atoms with Crippen LogP contribution in [0.25, 0.3) is 11.0 Å². The number of imidazole rings is 1. The molecule has 1 heterocycles. The highest BCUT2D eigenvalue weighted by Crippen LogP contribution is 2.21. The molecule has 78 valence electrons. The lowest BCUT2D eigenvalue weighted by Crippen LogP contribution is -2.11. The first kappa shape index (κ1) is 9.51. The molecule has 1 aromatic carbocycles. The molecule has 0 saturated carbocycles. The Morgan fingerprint density at radius 2 is 2.20 bits per heavy atom. The molecule has 0 bridgehead atoms. The number of carbonyl (C=O) groups excluding carboxylic acids is 1. The average molecular weight is 206 g/mol. The van der Waals surface area contributed by atoms with Crippen LogP contribution in [0.4, 0.5) is 0 Å². The number of hydrogen-bond acceptors (Lipinski definition) is 3. The molecule has 15 heavy (non-hydrogen) atoms. The van der Waals surface area contributed by atoms with Gasteiger partial charge in [-0.3, -0.25) is 9.36 Å². The first-order valence-corrected chi connectivity index (χ1v) is 4.45. The molecule has 1 aromatic heterocycles. The van der Waals surface area contributed by atoms with E-state index in [9.17, 15) is 9.59 Å². The monoisotopic (exact) mass is 206 g/mol. The Morgan fingerprint density at radius 1 is 1.47 bits per heavy atom. The lowest BCUT2D eigenvalue weighted by Gasteiger charge is -2.01. The van der Waals surface area contributed by atoms with Gasteiger partial charge in [-0.2, -0.15) is 0 Å². The fraction of sp³-hybridized carbons (Fsp3) is 0.200. The lowest BCUT2D eigenvalue weighted by atomic mass is 10.3. The fourth-order valence-electron chi connectivity index (χ4n) is 1.46. The average Bonchev–Trinajstić information content (AvgIpc) is 2.45. The first-order valence-electron chi connectivity index (χ1n) is 4.45. The Kier molecular flexibility index (Phi) is 2.07. The molecule has 0 aliphatic carbocycles. The summed E-state index contributed by atoms with van der Waals surface area (Å²) >= 11 is 0. The van der Waals surface area contributed by atoms with Crippen molar-refractivity contribution >= 4 is 17.0 Å². The molecule has 0 fully saturated rings. The minimum atomic E-state index is -0.410. The van der Waals surface area contributed by atoms with E-state index in [1.54, 1.807) is 25.2 Å². The number of carbonyl (C=O) groups is 1. The zero-order chi connectivity index (χ0) is 11.0. The van der Waals surface area contributed by atoms with Crippen LogP contribution in [-0.2, 0) is 11.8 Å². The standard InChI is InChI=1S/C10H10N2O3/c1-6(13)15-8-5-3-4-7-9(8)11-10(14)12(7)2/h3-5H,1-2H3,(H,11,14). The number of H-pyrrole nitrogens is 1. The number of aromatic amines is 1. The predicted octanol–water partition coefficient (Wildman–Crippen LogP) is 0.792. The van der Waals surface area contributed by atoms with Gasteiger partial charge in [-0.25, -0.2) is 4.79 Å². The Labute approximate surface area is 85.3 Å². The van der Waals surface area contributed by atoms with Gasteiger partial charge in [0, 0.05) is 14.0 Å². The molecule has 0 unspecified atom stereocenters. The molecule has 2 aromatic rings. The molecular weight excluding hydrogens is 196 g/mol. The Bertz CT molecular complexity index is 580. The lowest BCUT2D eigenvalue weighted by molar-refractivity contribution is -0.131. The molecule has 0 radical (unpaired) electrons. The number of aryl methyl sites for hydroxylation is 1. The minimum Gasteiger partial charge on any atom is -0.424 e. The zero-order valence-corrected chi connectivity index (χ0v) is 8.40. The van der Waals surface area contributed by atoms with Crippen molar-refractivity contribution in [2.75, 3.05) is 0 Å². The summed E-state index contributed by atoms with van der Waals surface area (Å²) in [7, 11) is 1.65. The van der Waals surface area contributed by atoms with E-state index in [2.05, 4.69) is 4.98 Å². The molecule has 0 spiro atoms. The van der Waals surface area contributed by atoms with Crippen LogP contribution in [0.2, 0.25) is 0 Å². The molecule has 0 aliphatic rings. The van der Waals surface area contributed by atoms with Gasteiger partial charge in [-0.05, 0) is 12.1 Å². The number of nitrogens with zero attached hydrogens (tertiary/aromatic N) is 1. The molecule has 5 heteroatoms. The van der Waals surface area contributed by atoms with Gasteiger partial charge in [0.2, 0.25) is 0 Å². The van der Waals surface area contributed by atoms with Crippen LogP contribution in [0, 0.1) is 0 Å². The molecule has 1 N–H and O–H groups in total. The highest BCUT2D eigenvalue weighted by atomic mass is 16.5. The number of ether oxygens (including phenoxy) is 1. The molecule has 0 aliphatic heterocycles. The van der Waals surface area contributed by atoms with Crippen LogP contribution in [0.5, 0.6) is 5.75 Å². The number of para-hydroxylation sites is 1. The summed E-state index contributed by atoms with van der Waals surface area (Å²) in [5, 5.41) is 0. The van der Waals surface area contributed by atoms with E-state index < -0.39 is 5.97 Å². The third kappa shape index (κ3) is 1.52. The number of aromatic nitrogens is 2. The topological polar surface area (TPSA) is 64.1 Å². The van der Waals surface area contributed by atoms with E-state index in [-0.39, 0.29) is 5.69 Å². The number of fused-ring (bicyclic) bond motifs is 1. The number of nitrogens with one attached hydrogen (secondary N) is 1. The summed E-state index contributed by atoms with van der Waals surface area (Å²) in [5.41, 5.74) is 1.02. The van der Waals surface area contributed by atoms with Crippen molar-refractivity contribution in [3.63, 3.8) is 0 Å². The summed E-state index contributed by atoms with van der Waals surface area (Å²) in [5.74, 6) is -0.0371. The number of benzene rings is 1. The molecular formula is C10H10N2O3. The second-order valence-corrected chi connectivity index (χ2v) is 3.23. The van der Waals surface area contributed by atoms with Crippen molar-refractivity contribution in [3.05, 3.63) is 28.7 Å². The van der Waals surface area contributed by atoms with E-state index in [1.807, 2.05) is 0 Å². The van der Waals surface area contributed by atoms with E-state index in [0.717, 1.165) is 0 Å². The number of hydrogen-bond donors (Lipinski definition) is 1. The highest BCUT2D eigenvalue weighted by molar-refractivity contribution is 5.84. The third-order valence-electron chi connectivity index (χ3n) is 2.16. The highest BCUT2D eigenvalue weighted by Gasteiger charge is 2.09. The summed E-state index contributed by atoms with van der Waals surface area (Å²) in [6, 6.07) is 5.15. The van der Waals surface area contributed by atoms with E-state index in [0.29, 0.717) is 16.8 Å². The smallest absolute Gasteiger partial charge is 0.326 e. The quantitative estimate of drug-likeness (QED) is 0.554. The zero-order valence-electron chi connectivity index (χ0n) is 8.40. The largest absolute Gasteiger partial charge is 0.424 e. The van der Waals surface area contributed by atoms with Gasteiger partial charge in [-0.15, -0.1) is 0 Å². The summed E-state index contributed by atoms with van der Waals surface area (Å²) in [4.78, 5) is 24.8.